The van der Waals surface area contributed by atoms with Crippen LogP contribution in [0.2, 0.25) is 5.02 Å². The van der Waals surface area contributed by atoms with E-state index in [9.17, 15) is 14.4 Å². The maximum Gasteiger partial charge on any atom is 0.254 e. The molecule has 0 spiro atoms. The molecule has 1 aliphatic heterocycles. The molecule has 1 atom stereocenters. The number of anilines is 2. The zero-order valence-electron chi connectivity index (χ0n) is 15.6. The lowest BCUT2D eigenvalue weighted by Gasteiger charge is -2.15. The maximum atomic E-state index is 12.5. The van der Waals surface area contributed by atoms with Gasteiger partial charge in [-0.2, -0.15) is 5.10 Å². The molecule has 1 unspecified atom stereocenters. The van der Waals surface area contributed by atoms with Crippen LogP contribution in [0.4, 0.5) is 11.4 Å². The van der Waals surface area contributed by atoms with Crippen molar-refractivity contribution in [1.29, 1.82) is 0 Å². The predicted octanol–water partition coefficient (Wildman–Crippen LogP) is 2.39. The molecule has 3 N–H and O–H groups in total. The average molecular weight is 425 g/mol. The van der Waals surface area contributed by atoms with Crippen LogP contribution in [0.3, 0.4) is 0 Å². The fourth-order valence-corrected chi connectivity index (χ4v) is 3.32. The van der Waals surface area contributed by atoms with Gasteiger partial charge in [0.05, 0.1) is 22.6 Å². The van der Waals surface area contributed by atoms with Crippen molar-refractivity contribution in [3.05, 3.63) is 65.7 Å². The van der Waals surface area contributed by atoms with E-state index in [0.29, 0.717) is 27.6 Å². The second-order valence-electron chi connectivity index (χ2n) is 6.65. The van der Waals surface area contributed by atoms with Crippen molar-refractivity contribution >= 4 is 40.7 Å². The smallest absolute Gasteiger partial charge is 0.254 e. The molecule has 10 heteroatoms. The van der Waals surface area contributed by atoms with Gasteiger partial charge in [-0.05, 0) is 36.8 Å². The minimum absolute atomic E-state index is 0.0119. The maximum absolute atomic E-state index is 12.5. The van der Waals surface area contributed by atoms with Gasteiger partial charge in [0.15, 0.2) is 0 Å². The SMILES string of the molecule is O=C(CCC1NC(=O)c2ccccc2NC1=O)Nc1cc(Cl)ccc1-n1cncn1. The molecule has 2 heterocycles. The molecule has 0 aliphatic carbocycles. The van der Waals surface area contributed by atoms with Gasteiger partial charge in [0.2, 0.25) is 11.8 Å². The molecular weight excluding hydrogens is 408 g/mol. The summed E-state index contributed by atoms with van der Waals surface area (Å²) < 4.78 is 1.50. The van der Waals surface area contributed by atoms with Gasteiger partial charge in [-0.15, -0.1) is 0 Å². The van der Waals surface area contributed by atoms with E-state index < -0.39 is 6.04 Å². The van der Waals surface area contributed by atoms with Gasteiger partial charge in [-0.1, -0.05) is 23.7 Å². The Balaban J connectivity index is 1.43. The first kappa shape index (κ1) is 19.6. The van der Waals surface area contributed by atoms with Crippen LogP contribution >= 0.6 is 11.6 Å². The Bertz CT molecular complexity index is 1120. The molecule has 30 heavy (non-hydrogen) atoms. The molecule has 9 nitrogen and oxygen atoms in total. The second kappa shape index (κ2) is 8.34. The Kier molecular flexibility index (Phi) is 5.44. The third kappa shape index (κ3) is 4.15. The van der Waals surface area contributed by atoms with Crippen LogP contribution in [0, 0.1) is 0 Å². The Morgan fingerprint density at radius 3 is 2.83 bits per heavy atom. The fraction of sp³-hybridized carbons (Fsp3) is 0.150. The molecule has 1 aromatic heterocycles. The third-order valence-electron chi connectivity index (χ3n) is 4.61. The number of fused-ring (bicyclic) bond motifs is 1. The first-order valence-corrected chi connectivity index (χ1v) is 9.54. The monoisotopic (exact) mass is 424 g/mol. The summed E-state index contributed by atoms with van der Waals surface area (Å²) in [7, 11) is 0. The van der Waals surface area contributed by atoms with Crippen LogP contribution in [0.25, 0.3) is 5.69 Å². The highest BCUT2D eigenvalue weighted by Crippen LogP contribution is 2.24. The lowest BCUT2D eigenvalue weighted by Crippen LogP contribution is -2.41. The highest BCUT2D eigenvalue weighted by molar-refractivity contribution is 6.31. The molecule has 152 valence electrons. The third-order valence-corrected chi connectivity index (χ3v) is 4.84. The first-order valence-electron chi connectivity index (χ1n) is 9.16. The van der Waals surface area contributed by atoms with Crippen molar-refractivity contribution in [2.24, 2.45) is 0 Å². The number of para-hydroxylation sites is 1. The number of carbonyl (C=O) groups is 3. The number of nitrogens with zero attached hydrogens (tertiary/aromatic N) is 3. The molecule has 1 aliphatic rings. The van der Waals surface area contributed by atoms with Gasteiger partial charge in [0, 0.05) is 11.4 Å². The average Bonchev–Trinajstić information content (AvgIpc) is 3.22. The number of aromatic nitrogens is 3. The fourth-order valence-electron chi connectivity index (χ4n) is 3.14. The van der Waals surface area contributed by atoms with Crippen molar-refractivity contribution in [3.63, 3.8) is 0 Å². The Labute approximate surface area is 176 Å². The summed E-state index contributed by atoms with van der Waals surface area (Å²) in [5.41, 5.74) is 1.89. The zero-order valence-corrected chi connectivity index (χ0v) is 16.4. The van der Waals surface area contributed by atoms with Crippen molar-refractivity contribution < 1.29 is 14.4 Å². The summed E-state index contributed by atoms with van der Waals surface area (Å²) in [5.74, 6) is -1.06. The van der Waals surface area contributed by atoms with Crippen molar-refractivity contribution in [2.45, 2.75) is 18.9 Å². The second-order valence-corrected chi connectivity index (χ2v) is 7.09. The van der Waals surface area contributed by atoms with Crippen molar-refractivity contribution in [1.82, 2.24) is 20.1 Å². The molecule has 0 saturated heterocycles. The highest BCUT2D eigenvalue weighted by atomic mass is 35.5. The number of nitrogens with one attached hydrogen (secondary N) is 3. The number of carbonyl (C=O) groups excluding carboxylic acids is 3. The minimum Gasteiger partial charge on any atom is -0.340 e. The van der Waals surface area contributed by atoms with E-state index in [1.54, 1.807) is 42.5 Å². The Hall–Kier alpha value is -3.72. The highest BCUT2D eigenvalue weighted by Gasteiger charge is 2.28. The van der Waals surface area contributed by atoms with Gasteiger partial charge >= 0.3 is 0 Å². The molecule has 0 bridgehead atoms. The molecule has 3 amide bonds. The van der Waals surface area contributed by atoms with Crippen molar-refractivity contribution in [3.8, 4) is 5.69 Å². The summed E-state index contributed by atoms with van der Waals surface area (Å²) in [6.45, 7) is 0. The standard InChI is InChI=1S/C20H17ClN6O3/c21-12-5-7-17(27-11-22-10-23-27)16(9-12)24-18(28)8-6-15-20(30)25-14-4-2-1-3-13(14)19(29)26-15/h1-5,7,9-11,15H,6,8H2,(H,24,28)(H,25,30)(H,26,29). The van der Waals surface area contributed by atoms with Gasteiger partial charge in [-0.3, -0.25) is 14.4 Å². The number of benzene rings is 2. The molecule has 0 saturated carbocycles. The van der Waals surface area contributed by atoms with E-state index >= 15 is 0 Å². The molecule has 4 rings (SSSR count). The largest absolute Gasteiger partial charge is 0.340 e. The van der Waals surface area contributed by atoms with Crippen LogP contribution in [0.1, 0.15) is 23.2 Å². The summed E-state index contributed by atoms with van der Waals surface area (Å²) >= 11 is 6.06. The summed E-state index contributed by atoms with van der Waals surface area (Å²) in [4.78, 5) is 41.3. The number of hydrogen-bond donors (Lipinski definition) is 3. The molecule has 0 radical (unpaired) electrons. The van der Waals surface area contributed by atoms with E-state index in [0.717, 1.165) is 0 Å². The Morgan fingerprint density at radius 1 is 1.20 bits per heavy atom. The molecule has 0 fully saturated rings. The normalized spacial score (nSPS) is 15.6. The van der Waals surface area contributed by atoms with E-state index in [1.165, 1.54) is 17.3 Å². The van der Waals surface area contributed by atoms with Gasteiger partial charge in [-0.25, -0.2) is 9.67 Å². The molecule has 3 aromatic rings. The first-order chi connectivity index (χ1) is 14.5. The van der Waals surface area contributed by atoms with Crippen LogP contribution in [0.15, 0.2) is 55.1 Å². The van der Waals surface area contributed by atoms with Crippen LogP contribution in [-0.2, 0) is 9.59 Å². The van der Waals surface area contributed by atoms with Crippen LogP contribution in [-0.4, -0.2) is 38.5 Å². The molecular formula is C20H17ClN6O3. The zero-order chi connectivity index (χ0) is 21.1. The van der Waals surface area contributed by atoms with Crippen molar-refractivity contribution in [2.75, 3.05) is 10.6 Å². The lowest BCUT2D eigenvalue weighted by atomic mass is 10.1. The summed E-state index contributed by atoms with van der Waals surface area (Å²) in [5, 5.41) is 12.7. The topological polar surface area (TPSA) is 118 Å². The lowest BCUT2D eigenvalue weighted by molar-refractivity contribution is -0.118. The van der Waals surface area contributed by atoms with E-state index in [1.807, 2.05) is 0 Å². The van der Waals surface area contributed by atoms with E-state index in [4.69, 9.17) is 11.6 Å². The number of amides is 3. The summed E-state index contributed by atoms with van der Waals surface area (Å²) in [6, 6.07) is 10.9. The number of rotatable bonds is 5. The quantitative estimate of drug-likeness (QED) is 0.581. The molecule has 2 aromatic carbocycles. The van der Waals surface area contributed by atoms with Crippen LogP contribution in [0.5, 0.6) is 0 Å². The van der Waals surface area contributed by atoms with Gasteiger partial charge in [0.25, 0.3) is 5.91 Å². The van der Waals surface area contributed by atoms with E-state index in [-0.39, 0.29) is 30.6 Å². The minimum atomic E-state index is -0.829. The van der Waals surface area contributed by atoms with Gasteiger partial charge in [0.1, 0.15) is 18.7 Å². The van der Waals surface area contributed by atoms with Gasteiger partial charge < -0.3 is 16.0 Å². The predicted molar refractivity (Wildman–Crippen MR) is 111 cm³/mol. The Morgan fingerprint density at radius 2 is 2.03 bits per heavy atom. The number of halogens is 1. The van der Waals surface area contributed by atoms with E-state index in [2.05, 4.69) is 26.0 Å². The number of hydrogen-bond acceptors (Lipinski definition) is 5. The summed E-state index contributed by atoms with van der Waals surface area (Å²) in [6.07, 6.45) is 3.03. The van der Waals surface area contributed by atoms with Crippen LogP contribution < -0.4 is 16.0 Å².